The van der Waals surface area contributed by atoms with E-state index in [9.17, 15) is 4.79 Å². The van der Waals surface area contributed by atoms with Crippen molar-refractivity contribution in [1.29, 1.82) is 0 Å². The number of pyridine rings is 1. The second-order valence-electron chi connectivity index (χ2n) is 3.30. The fourth-order valence-corrected chi connectivity index (χ4v) is 1.52. The average molecular weight is 184 g/mol. The van der Waals surface area contributed by atoms with E-state index in [-0.39, 0.29) is 5.78 Å². The van der Waals surface area contributed by atoms with Crippen LogP contribution in [0.25, 0.3) is 10.9 Å². The smallest absolute Gasteiger partial charge is 0.134 e. The van der Waals surface area contributed by atoms with Gasteiger partial charge in [-0.25, -0.2) is 0 Å². The summed E-state index contributed by atoms with van der Waals surface area (Å²) in [5.41, 5.74) is 1.89. The van der Waals surface area contributed by atoms with Crippen molar-refractivity contribution >= 4 is 16.7 Å². The maximum atomic E-state index is 11.0. The molecule has 1 heterocycles. The van der Waals surface area contributed by atoms with Crippen LogP contribution in [0.4, 0.5) is 0 Å². The predicted molar refractivity (Wildman–Crippen MR) is 55.0 cm³/mol. The third-order valence-corrected chi connectivity index (χ3v) is 2.10. The maximum Gasteiger partial charge on any atom is 0.134 e. The average Bonchev–Trinajstić information content (AvgIpc) is 2.18. The number of nitrogens with zero attached hydrogens (tertiary/aromatic N) is 1. The van der Waals surface area contributed by atoms with Crippen LogP contribution in [0.2, 0.25) is 0 Å². The zero-order valence-corrected chi connectivity index (χ0v) is 7.95. The van der Waals surface area contributed by atoms with Crippen molar-refractivity contribution in [2.75, 3.05) is 0 Å². The van der Waals surface area contributed by atoms with Gasteiger partial charge >= 0.3 is 0 Å². The number of hydrogen-bond acceptors (Lipinski definition) is 2. The summed E-state index contributed by atoms with van der Waals surface area (Å²) in [5.74, 6) is 0.159. The summed E-state index contributed by atoms with van der Waals surface area (Å²) in [6.45, 7) is 1.59. The molecular formula is C12H10NO. The summed E-state index contributed by atoms with van der Waals surface area (Å²) < 4.78 is 0. The van der Waals surface area contributed by atoms with Crippen LogP contribution < -0.4 is 0 Å². The van der Waals surface area contributed by atoms with Crippen molar-refractivity contribution in [3.05, 3.63) is 42.1 Å². The standard InChI is InChI=1S/C12H10NO/c1-9(14)8-11-5-2-4-10-6-3-7-13-12(10)11/h2,4-7H,8H2,1H3. The third-order valence-electron chi connectivity index (χ3n) is 2.10. The molecule has 0 bridgehead atoms. The van der Waals surface area contributed by atoms with Gasteiger partial charge in [0.1, 0.15) is 5.78 Å². The van der Waals surface area contributed by atoms with Crippen LogP contribution in [-0.2, 0) is 11.2 Å². The number of aromatic nitrogens is 1. The highest BCUT2D eigenvalue weighted by Gasteiger charge is 2.03. The summed E-state index contributed by atoms with van der Waals surface area (Å²) >= 11 is 0. The van der Waals surface area contributed by atoms with Crippen LogP contribution in [-0.4, -0.2) is 10.8 Å². The lowest BCUT2D eigenvalue weighted by atomic mass is 10.1. The lowest BCUT2D eigenvalue weighted by Gasteiger charge is -2.02. The number of rotatable bonds is 2. The zero-order valence-electron chi connectivity index (χ0n) is 7.95. The van der Waals surface area contributed by atoms with Gasteiger partial charge in [0.25, 0.3) is 0 Å². The molecule has 0 spiro atoms. The Balaban J connectivity index is 2.59. The minimum absolute atomic E-state index is 0.159. The van der Waals surface area contributed by atoms with Crippen molar-refractivity contribution in [3.8, 4) is 0 Å². The Morgan fingerprint density at radius 1 is 1.50 bits per heavy atom. The van der Waals surface area contributed by atoms with E-state index in [1.165, 1.54) is 0 Å². The molecule has 0 fully saturated rings. The van der Waals surface area contributed by atoms with Gasteiger partial charge in [-0.05, 0) is 18.6 Å². The van der Waals surface area contributed by atoms with Crippen LogP contribution in [0.3, 0.4) is 0 Å². The van der Waals surface area contributed by atoms with Gasteiger partial charge in [0.05, 0.1) is 5.52 Å². The van der Waals surface area contributed by atoms with Gasteiger partial charge in [-0.15, -0.1) is 0 Å². The fraction of sp³-hybridized carbons (Fsp3) is 0.167. The molecule has 0 saturated heterocycles. The van der Waals surface area contributed by atoms with Crippen molar-refractivity contribution in [1.82, 2.24) is 4.98 Å². The number of benzene rings is 1. The lowest BCUT2D eigenvalue weighted by Crippen LogP contribution is -1.97. The second kappa shape index (κ2) is 3.58. The third kappa shape index (κ3) is 1.64. The molecule has 0 aliphatic heterocycles. The molecule has 0 N–H and O–H groups in total. The van der Waals surface area contributed by atoms with Crippen LogP contribution in [0.15, 0.2) is 30.5 Å². The summed E-state index contributed by atoms with van der Waals surface area (Å²) in [6.07, 6.45) is 2.08. The van der Waals surface area contributed by atoms with Crippen LogP contribution in [0.1, 0.15) is 12.5 Å². The molecule has 2 aromatic rings. The Bertz CT molecular complexity index is 471. The number of carbonyl (C=O) groups excluding carboxylic acids is 1. The molecule has 2 nitrogen and oxygen atoms in total. The van der Waals surface area contributed by atoms with Crippen molar-refractivity contribution in [2.24, 2.45) is 0 Å². The zero-order chi connectivity index (χ0) is 9.97. The van der Waals surface area contributed by atoms with Crippen LogP contribution in [0.5, 0.6) is 0 Å². The number of hydrogen-bond donors (Lipinski definition) is 0. The van der Waals surface area contributed by atoms with E-state index in [0.717, 1.165) is 16.5 Å². The number of fused-ring (bicyclic) bond motifs is 1. The topological polar surface area (TPSA) is 30.0 Å². The highest BCUT2D eigenvalue weighted by atomic mass is 16.1. The number of carbonyl (C=O) groups is 1. The van der Waals surface area contributed by atoms with E-state index in [1.54, 1.807) is 13.1 Å². The normalized spacial score (nSPS) is 10.4. The van der Waals surface area contributed by atoms with E-state index in [1.807, 2.05) is 24.3 Å². The van der Waals surface area contributed by atoms with Crippen molar-refractivity contribution < 1.29 is 4.79 Å². The molecule has 14 heavy (non-hydrogen) atoms. The van der Waals surface area contributed by atoms with E-state index in [0.29, 0.717) is 6.42 Å². The quantitative estimate of drug-likeness (QED) is 0.716. The summed E-state index contributed by atoms with van der Waals surface area (Å²) in [7, 11) is 0. The highest BCUT2D eigenvalue weighted by Crippen LogP contribution is 2.16. The lowest BCUT2D eigenvalue weighted by molar-refractivity contribution is -0.116. The molecule has 0 aliphatic rings. The van der Waals surface area contributed by atoms with Crippen molar-refractivity contribution in [3.63, 3.8) is 0 Å². The van der Waals surface area contributed by atoms with Crippen LogP contribution in [0, 0.1) is 6.07 Å². The van der Waals surface area contributed by atoms with E-state index in [4.69, 9.17) is 0 Å². The van der Waals surface area contributed by atoms with Gasteiger partial charge in [-0.1, -0.05) is 18.2 Å². The molecule has 2 rings (SSSR count). The van der Waals surface area contributed by atoms with Crippen molar-refractivity contribution in [2.45, 2.75) is 13.3 Å². The summed E-state index contributed by atoms with van der Waals surface area (Å²) in [4.78, 5) is 15.2. The molecular weight excluding hydrogens is 174 g/mol. The maximum absolute atomic E-state index is 11.0. The first kappa shape index (κ1) is 8.88. The van der Waals surface area contributed by atoms with Gasteiger partial charge < -0.3 is 0 Å². The molecule has 0 amide bonds. The molecule has 69 valence electrons. The Morgan fingerprint density at radius 3 is 3.14 bits per heavy atom. The molecule has 0 aliphatic carbocycles. The first-order chi connectivity index (χ1) is 6.77. The monoisotopic (exact) mass is 184 g/mol. The fourth-order valence-electron chi connectivity index (χ4n) is 1.52. The first-order valence-corrected chi connectivity index (χ1v) is 4.50. The largest absolute Gasteiger partial charge is 0.300 e. The minimum Gasteiger partial charge on any atom is -0.300 e. The molecule has 0 saturated carbocycles. The molecule has 0 unspecified atom stereocenters. The first-order valence-electron chi connectivity index (χ1n) is 4.50. The number of para-hydroxylation sites is 1. The summed E-state index contributed by atoms with van der Waals surface area (Å²) in [6, 6.07) is 10.7. The molecule has 1 radical (unpaired) electrons. The Morgan fingerprint density at radius 2 is 2.36 bits per heavy atom. The molecule has 1 aromatic carbocycles. The van der Waals surface area contributed by atoms with E-state index in [2.05, 4.69) is 11.1 Å². The van der Waals surface area contributed by atoms with Gasteiger partial charge in [0, 0.05) is 24.1 Å². The Kier molecular flexibility index (Phi) is 2.27. The van der Waals surface area contributed by atoms with Gasteiger partial charge in [-0.2, -0.15) is 0 Å². The molecule has 0 atom stereocenters. The predicted octanol–water partition coefficient (Wildman–Crippen LogP) is 2.17. The van der Waals surface area contributed by atoms with E-state index >= 15 is 0 Å². The van der Waals surface area contributed by atoms with Gasteiger partial charge in [0.15, 0.2) is 0 Å². The van der Waals surface area contributed by atoms with Gasteiger partial charge in [0.2, 0.25) is 0 Å². The molecule has 1 aromatic heterocycles. The number of ketones is 1. The Hall–Kier alpha value is -1.70. The van der Waals surface area contributed by atoms with E-state index < -0.39 is 0 Å². The number of Topliss-reactive ketones (excluding diaryl/α,β-unsaturated/α-hetero) is 1. The highest BCUT2D eigenvalue weighted by molar-refractivity contribution is 5.87. The second-order valence-corrected chi connectivity index (χ2v) is 3.30. The molecule has 2 heteroatoms. The Labute approximate surface area is 82.6 Å². The van der Waals surface area contributed by atoms with Gasteiger partial charge in [-0.3, -0.25) is 9.78 Å². The minimum atomic E-state index is 0.159. The van der Waals surface area contributed by atoms with Crippen LogP contribution >= 0.6 is 0 Å². The summed E-state index contributed by atoms with van der Waals surface area (Å²) in [5, 5.41) is 1.03. The SMILES string of the molecule is CC(=O)Cc1cccc2c[c]cnc12.